The van der Waals surface area contributed by atoms with Gasteiger partial charge in [0.1, 0.15) is 11.5 Å². The van der Waals surface area contributed by atoms with Crippen molar-refractivity contribution in [1.82, 2.24) is 19.5 Å². The molecule has 1 atom stereocenters. The summed E-state index contributed by atoms with van der Waals surface area (Å²) in [7, 11) is 0. The number of likely N-dealkylation sites (tertiary alicyclic amines) is 1. The molecule has 1 aliphatic rings. The number of nitrogens with zero attached hydrogens (tertiary/aromatic N) is 4. The molecule has 0 bridgehead atoms. The van der Waals surface area contributed by atoms with E-state index < -0.39 is 11.9 Å². The topological polar surface area (TPSA) is 149 Å². The minimum Gasteiger partial charge on any atom is -0.364 e. The standard InChI is InChI=1S/C26H29N7O3/c1-15(2)26(36)32-12-5-4-9-19(32)24-31-21(22(23(27)34)33(24)28)17-7-6-8-18(14-17)25(35)30-20-13-16(3)10-11-29-20/h6-8,10-11,13-14,19H,1,4-5,9,12,28H2,2-3H3,(H2,27,34)(H,29,30,35)/t19-/m0/s1. The van der Waals surface area contributed by atoms with Crippen LogP contribution in [0.3, 0.4) is 0 Å². The van der Waals surface area contributed by atoms with E-state index in [0.29, 0.717) is 41.3 Å². The Bertz CT molecular complexity index is 1360. The third-order valence-electron chi connectivity index (χ3n) is 6.15. The Labute approximate surface area is 209 Å². The molecule has 0 aliphatic carbocycles. The Hall–Kier alpha value is -4.47. The van der Waals surface area contributed by atoms with Crippen LogP contribution < -0.4 is 16.9 Å². The van der Waals surface area contributed by atoms with E-state index in [1.807, 2.05) is 13.0 Å². The van der Waals surface area contributed by atoms with Gasteiger partial charge in [0, 0.05) is 29.4 Å². The molecule has 0 unspecified atom stereocenters. The summed E-state index contributed by atoms with van der Waals surface area (Å²) >= 11 is 0. The Kier molecular flexibility index (Phi) is 6.86. The Morgan fingerprint density at radius 1 is 1.17 bits per heavy atom. The van der Waals surface area contributed by atoms with Gasteiger partial charge in [-0.25, -0.2) is 14.6 Å². The number of benzene rings is 1. The lowest BCUT2D eigenvalue weighted by Gasteiger charge is -2.35. The van der Waals surface area contributed by atoms with Crippen molar-refractivity contribution >= 4 is 23.5 Å². The Morgan fingerprint density at radius 3 is 2.64 bits per heavy atom. The van der Waals surface area contributed by atoms with Crippen LogP contribution in [-0.4, -0.2) is 43.8 Å². The van der Waals surface area contributed by atoms with E-state index in [1.54, 1.807) is 48.4 Å². The summed E-state index contributed by atoms with van der Waals surface area (Å²) < 4.78 is 1.16. The highest BCUT2D eigenvalue weighted by molar-refractivity contribution is 6.05. The fourth-order valence-corrected chi connectivity index (χ4v) is 4.41. The third kappa shape index (κ3) is 4.83. The SMILES string of the molecule is C=C(C)C(=O)N1CCCC[C@H]1c1nc(-c2cccc(C(=O)Nc3cc(C)ccn3)c2)c(C(N)=O)n1N. The summed E-state index contributed by atoms with van der Waals surface area (Å²) in [6.45, 7) is 7.87. The lowest BCUT2D eigenvalue weighted by molar-refractivity contribution is -0.131. The largest absolute Gasteiger partial charge is 0.364 e. The molecule has 3 heterocycles. The summed E-state index contributed by atoms with van der Waals surface area (Å²) in [5.74, 6) is 5.79. The molecule has 10 heteroatoms. The van der Waals surface area contributed by atoms with Gasteiger partial charge in [0.15, 0.2) is 11.5 Å². The van der Waals surface area contributed by atoms with Crippen LogP contribution in [-0.2, 0) is 4.79 Å². The van der Waals surface area contributed by atoms with Gasteiger partial charge < -0.3 is 21.8 Å². The molecule has 10 nitrogen and oxygen atoms in total. The normalized spacial score (nSPS) is 15.4. The Balaban J connectivity index is 1.72. The first-order valence-electron chi connectivity index (χ1n) is 11.7. The first-order valence-corrected chi connectivity index (χ1v) is 11.7. The van der Waals surface area contributed by atoms with Crippen LogP contribution in [0.25, 0.3) is 11.3 Å². The number of nitrogens with two attached hydrogens (primary N) is 2. The zero-order valence-corrected chi connectivity index (χ0v) is 20.3. The number of nitrogen functional groups attached to an aromatic ring is 1. The number of aryl methyl sites for hydroxylation is 1. The van der Waals surface area contributed by atoms with Crippen LogP contribution in [0.15, 0.2) is 54.7 Å². The van der Waals surface area contributed by atoms with Crippen LogP contribution >= 0.6 is 0 Å². The number of piperidine rings is 1. The van der Waals surface area contributed by atoms with Gasteiger partial charge in [0.2, 0.25) is 5.91 Å². The van der Waals surface area contributed by atoms with E-state index in [2.05, 4.69) is 21.9 Å². The number of anilines is 1. The number of aromatic nitrogens is 3. The molecule has 5 N–H and O–H groups in total. The molecule has 0 radical (unpaired) electrons. The van der Waals surface area contributed by atoms with Crippen LogP contribution in [0.5, 0.6) is 0 Å². The van der Waals surface area contributed by atoms with E-state index >= 15 is 0 Å². The number of imidazole rings is 1. The van der Waals surface area contributed by atoms with Crippen molar-refractivity contribution in [2.24, 2.45) is 5.73 Å². The molecule has 1 aliphatic heterocycles. The van der Waals surface area contributed by atoms with E-state index in [0.717, 1.165) is 23.1 Å². The number of hydrogen-bond acceptors (Lipinski definition) is 6. The monoisotopic (exact) mass is 487 g/mol. The van der Waals surface area contributed by atoms with E-state index in [9.17, 15) is 14.4 Å². The lowest BCUT2D eigenvalue weighted by Crippen LogP contribution is -2.41. The smallest absolute Gasteiger partial charge is 0.269 e. The van der Waals surface area contributed by atoms with Crippen LogP contribution in [0, 0.1) is 6.92 Å². The highest BCUT2D eigenvalue weighted by atomic mass is 16.2. The maximum Gasteiger partial charge on any atom is 0.269 e. The van der Waals surface area contributed by atoms with E-state index in [-0.39, 0.29) is 23.2 Å². The maximum absolute atomic E-state index is 12.9. The van der Waals surface area contributed by atoms with Crippen molar-refractivity contribution in [3.8, 4) is 11.3 Å². The molecule has 36 heavy (non-hydrogen) atoms. The molecular weight excluding hydrogens is 458 g/mol. The fourth-order valence-electron chi connectivity index (χ4n) is 4.41. The van der Waals surface area contributed by atoms with Crippen LogP contribution in [0.1, 0.15) is 64.5 Å². The van der Waals surface area contributed by atoms with Crippen molar-refractivity contribution in [2.75, 3.05) is 17.7 Å². The first kappa shape index (κ1) is 24.6. The van der Waals surface area contributed by atoms with Gasteiger partial charge in [0.25, 0.3) is 11.8 Å². The summed E-state index contributed by atoms with van der Waals surface area (Å²) in [6, 6.07) is 9.83. The minimum absolute atomic E-state index is 0.00351. The molecule has 186 valence electrons. The van der Waals surface area contributed by atoms with E-state index in [4.69, 9.17) is 11.6 Å². The van der Waals surface area contributed by atoms with Crippen LogP contribution in [0.2, 0.25) is 0 Å². The number of rotatable bonds is 6. The summed E-state index contributed by atoms with van der Waals surface area (Å²) in [5.41, 5.74) is 8.14. The molecule has 0 spiro atoms. The number of pyridine rings is 1. The number of carbonyl (C=O) groups excluding carboxylic acids is 3. The highest BCUT2D eigenvalue weighted by Gasteiger charge is 2.34. The molecule has 1 fully saturated rings. The number of carbonyl (C=O) groups is 3. The highest BCUT2D eigenvalue weighted by Crippen LogP contribution is 2.34. The summed E-state index contributed by atoms with van der Waals surface area (Å²) in [6.07, 6.45) is 3.98. The zero-order chi connectivity index (χ0) is 26.0. The van der Waals surface area contributed by atoms with Gasteiger partial charge in [-0.1, -0.05) is 18.7 Å². The van der Waals surface area contributed by atoms with Crippen molar-refractivity contribution in [1.29, 1.82) is 0 Å². The van der Waals surface area contributed by atoms with Crippen molar-refractivity contribution in [3.63, 3.8) is 0 Å². The number of amides is 3. The number of hydrogen-bond donors (Lipinski definition) is 3. The maximum atomic E-state index is 12.9. The van der Waals surface area contributed by atoms with Gasteiger partial charge in [-0.3, -0.25) is 14.4 Å². The molecule has 0 saturated carbocycles. The van der Waals surface area contributed by atoms with Gasteiger partial charge in [-0.15, -0.1) is 0 Å². The van der Waals surface area contributed by atoms with Gasteiger partial charge in [-0.05, 0) is 62.9 Å². The van der Waals surface area contributed by atoms with Gasteiger partial charge in [-0.2, -0.15) is 0 Å². The predicted octanol–water partition coefficient (Wildman–Crippen LogP) is 2.95. The molecule has 3 aromatic rings. The second-order valence-electron chi connectivity index (χ2n) is 8.95. The number of primary amides is 1. The summed E-state index contributed by atoms with van der Waals surface area (Å²) in [4.78, 5) is 48.6. The minimum atomic E-state index is -0.765. The van der Waals surface area contributed by atoms with Crippen molar-refractivity contribution in [2.45, 2.75) is 39.2 Å². The quantitative estimate of drug-likeness (QED) is 0.359. The van der Waals surface area contributed by atoms with Gasteiger partial charge >= 0.3 is 0 Å². The second kappa shape index (κ2) is 10.0. The van der Waals surface area contributed by atoms with Crippen LogP contribution in [0.4, 0.5) is 5.82 Å². The molecule has 1 aromatic carbocycles. The van der Waals surface area contributed by atoms with Gasteiger partial charge in [0.05, 0.1) is 6.04 Å². The van der Waals surface area contributed by atoms with Crippen molar-refractivity contribution < 1.29 is 14.4 Å². The molecular formula is C26H29N7O3. The van der Waals surface area contributed by atoms with E-state index in [1.165, 1.54) is 0 Å². The molecule has 1 saturated heterocycles. The second-order valence-corrected chi connectivity index (χ2v) is 8.95. The fraction of sp³-hybridized carbons (Fsp3) is 0.269. The number of nitrogens with one attached hydrogen (secondary N) is 1. The third-order valence-corrected chi connectivity index (χ3v) is 6.15. The molecule has 3 amide bonds. The average Bonchev–Trinajstić information content (AvgIpc) is 3.20. The first-order chi connectivity index (χ1) is 17.2. The summed E-state index contributed by atoms with van der Waals surface area (Å²) in [5, 5.41) is 2.77. The zero-order valence-electron chi connectivity index (χ0n) is 20.3. The molecule has 2 aromatic heterocycles. The predicted molar refractivity (Wildman–Crippen MR) is 136 cm³/mol. The molecule has 4 rings (SSSR count). The lowest BCUT2D eigenvalue weighted by atomic mass is 10.0. The Morgan fingerprint density at radius 2 is 1.94 bits per heavy atom. The van der Waals surface area contributed by atoms with Crippen molar-refractivity contribution in [3.05, 3.63) is 77.4 Å². The average molecular weight is 488 g/mol.